The number of hydrogen-bond acceptors (Lipinski definition) is 2. The maximum Gasteiger partial charge on any atom is 0.124 e. The number of hydrogen-bond donors (Lipinski definition) is 1. The second-order valence-corrected chi connectivity index (χ2v) is 3.96. The molecule has 1 atom stereocenters. The van der Waals surface area contributed by atoms with Gasteiger partial charge < -0.3 is 10.1 Å². The molecular formula is C11H15Cl2NO. The van der Waals surface area contributed by atoms with E-state index in [1.807, 2.05) is 18.2 Å². The van der Waals surface area contributed by atoms with Crippen molar-refractivity contribution in [3.05, 3.63) is 28.8 Å². The summed E-state index contributed by atoms with van der Waals surface area (Å²) in [6.45, 7) is 3.83. The topological polar surface area (TPSA) is 21.3 Å². The van der Waals surface area contributed by atoms with E-state index in [-0.39, 0.29) is 12.4 Å². The van der Waals surface area contributed by atoms with Gasteiger partial charge in [0.25, 0.3) is 0 Å². The van der Waals surface area contributed by atoms with Crippen LogP contribution in [-0.2, 0) is 6.42 Å². The van der Waals surface area contributed by atoms with Crippen LogP contribution >= 0.6 is 24.0 Å². The first-order chi connectivity index (χ1) is 6.79. The molecule has 0 fully saturated rings. The third kappa shape index (κ3) is 3.00. The van der Waals surface area contributed by atoms with Crippen molar-refractivity contribution >= 4 is 24.0 Å². The van der Waals surface area contributed by atoms with Crippen molar-refractivity contribution in [1.29, 1.82) is 0 Å². The van der Waals surface area contributed by atoms with E-state index in [1.165, 1.54) is 5.56 Å². The number of rotatable bonds is 2. The van der Waals surface area contributed by atoms with Gasteiger partial charge in [-0.25, -0.2) is 0 Å². The van der Waals surface area contributed by atoms with Crippen molar-refractivity contribution in [3.63, 3.8) is 0 Å². The Balaban J connectivity index is 0.00000112. The Morgan fingerprint density at radius 3 is 3.07 bits per heavy atom. The quantitative estimate of drug-likeness (QED) is 0.868. The van der Waals surface area contributed by atoms with Crippen LogP contribution in [0.5, 0.6) is 5.75 Å². The first kappa shape index (κ1) is 12.6. The fourth-order valence-corrected chi connectivity index (χ4v) is 1.93. The van der Waals surface area contributed by atoms with Crippen LogP contribution in [0.4, 0.5) is 0 Å². The van der Waals surface area contributed by atoms with Gasteiger partial charge in [0, 0.05) is 11.1 Å². The molecule has 0 radical (unpaired) electrons. The molecule has 0 spiro atoms. The van der Waals surface area contributed by atoms with Gasteiger partial charge in [0.15, 0.2) is 0 Å². The highest BCUT2D eigenvalue weighted by atomic mass is 35.5. The highest BCUT2D eigenvalue weighted by molar-refractivity contribution is 6.30. The Hall–Kier alpha value is -0.440. The fourth-order valence-electron chi connectivity index (χ4n) is 1.77. The summed E-state index contributed by atoms with van der Waals surface area (Å²) in [5, 5.41) is 4.12. The zero-order chi connectivity index (χ0) is 9.97. The average molecular weight is 248 g/mol. The molecule has 0 aliphatic carbocycles. The molecular weight excluding hydrogens is 233 g/mol. The van der Waals surface area contributed by atoms with Gasteiger partial charge >= 0.3 is 0 Å². The third-order valence-corrected chi connectivity index (χ3v) is 2.66. The normalized spacial score (nSPS) is 18.7. The van der Waals surface area contributed by atoms with Crippen molar-refractivity contribution in [3.8, 4) is 5.75 Å². The second kappa shape index (κ2) is 5.59. The lowest BCUT2D eigenvalue weighted by Gasteiger charge is -2.25. The van der Waals surface area contributed by atoms with Gasteiger partial charge in [0.1, 0.15) is 12.4 Å². The molecule has 1 aromatic rings. The van der Waals surface area contributed by atoms with Crippen LogP contribution in [0.15, 0.2) is 18.2 Å². The lowest BCUT2D eigenvalue weighted by Crippen LogP contribution is -2.39. The Labute approximate surface area is 101 Å². The van der Waals surface area contributed by atoms with E-state index in [2.05, 4.69) is 12.2 Å². The molecule has 84 valence electrons. The largest absolute Gasteiger partial charge is 0.492 e. The first-order valence-electron chi connectivity index (χ1n) is 4.94. The highest BCUT2D eigenvalue weighted by Crippen LogP contribution is 2.27. The molecule has 2 nitrogen and oxygen atoms in total. The molecule has 0 aromatic heterocycles. The monoisotopic (exact) mass is 247 g/mol. The molecule has 1 N–H and O–H groups in total. The summed E-state index contributed by atoms with van der Waals surface area (Å²) in [4.78, 5) is 0. The predicted octanol–water partition coefficient (Wildman–Crippen LogP) is 2.67. The molecule has 1 aliphatic heterocycles. The summed E-state index contributed by atoms with van der Waals surface area (Å²) in [7, 11) is 0. The average Bonchev–Trinajstić information content (AvgIpc) is 2.19. The number of likely N-dealkylation sites (N-methyl/N-ethyl adjacent to an activating group) is 1. The molecule has 1 heterocycles. The highest BCUT2D eigenvalue weighted by Gasteiger charge is 2.18. The van der Waals surface area contributed by atoms with Crippen LogP contribution in [-0.4, -0.2) is 19.2 Å². The van der Waals surface area contributed by atoms with E-state index < -0.39 is 0 Å². The molecule has 0 saturated carbocycles. The van der Waals surface area contributed by atoms with Crippen LogP contribution in [0.25, 0.3) is 0 Å². The standard InChI is InChI=1S/C11H14ClNO.ClH/c1-2-13-10-5-8-3-4-9(12)6-11(8)14-7-10;/h3-4,6,10,13H,2,5,7H2,1H3;1H. The third-order valence-electron chi connectivity index (χ3n) is 2.43. The Bertz CT molecular complexity index is 330. The molecule has 0 saturated heterocycles. The molecule has 0 amide bonds. The van der Waals surface area contributed by atoms with Crippen LogP contribution in [0.3, 0.4) is 0 Å². The van der Waals surface area contributed by atoms with E-state index >= 15 is 0 Å². The Morgan fingerprint density at radius 2 is 2.33 bits per heavy atom. The fraction of sp³-hybridized carbons (Fsp3) is 0.455. The zero-order valence-corrected chi connectivity index (χ0v) is 10.2. The lowest BCUT2D eigenvalue weighted by atomic mass is 10.0. The second-order valence-electron chi connectivity index (χ2n) is 3.52. The Morgan fingerprint density at radius 1 is 1.53 bits per heavy atom. The van der Waals surface area contributed by atoms with Gasteiger partial charge in [-0.3, -0.25) is 0 Å². The van der Waals surface area contributed by atoms with Gasteiger partial charge in [-0.1, -0.05) is 24.6 Å². The molecule has 1 aromatic carbocycles. The molecule has 1 unspecified atom stereocenters. The van der Waals surface area contributed by atoms with Crippen molar-refractivity contribution in [2.75, 3.05) is 13.2 Å². The van der Waals surface area contributed by atoms with Gasteiger partial charge in [-0.2, -0.15) is 0 Å². The number of fused-ring (bicyclic) bond motifs is 1. The summed E-state index contributed by atoms with van der Waals surface area (Å²) in [5.74, 6) is 0.937. The van der Waals surface area contributed by atoms with E-state index in [1.54, 1.807) is 0 Å². The maximum atomic E-state index is 5.88. The number of nitrogens with one attached hydrogen (secondary N) is 1. The minimum absolute atomic E-state index is 0. The van der Waals surface area contributed by atoms with E-state index in [9.17, 15) is 0 Å². The van der Waals surface area contributed by atoms with Crippen LogP contribution in [0.2, 0.25) is 5.02 Å². The van der Waals surface area contributed by atoms with E-state index in [0.717, 1.165) is 30.3 Å². The summed E-state index contributed by atoms with van der Waals surface area (Å²) >= 11 is 5.88. The van der Waals surface area contributed by atoms with Gasteiger partial charge in [-0.05, 0) is 30.7 Å². The smallest absolute Gasteiger partial charge is 0.124 e. The minimum Gasteiger partial charge on any atom is -0.492 e. The van der Waals surface area contributed by atoms with Crippen molar-refractivity contribution in [1.82, 2.24) is 5.32 Å². The van der Waals surface area contributed by atoms with Gasteiger partial charge in [0.2, 0.25) is 0 Å². The van der Waals surface area contributed by atoms with Gasteiger partial charge in [-0.15, -0.1) is 12.4 Å². The van der Waals surface area contributed by atoms with Crippen LogP contribution in [0, 0.1) is 0 Å². The summed E-state index contributed by atoms with van der Waals surface area (Å²) < 4.78 is 5.62. The Kier molecular flexibility index (Phi) is 4.71. The number of benzene rings is 1. The predicted molar refractivity (Wildman–Crippen MR) is 65.4 cm³/mol. The van der Waals surface area contributed by atoms with Gasteiger partial charge in [0.05, 0.1) is 0 Å². The first-order valence-corrected chi connectivity index (χ1v) is 5.32. The van der Waals surface area contributed by atoms with Crippen molar-refractivity contribution in [2.45, 2.75) is 19.4 Å². The molecule has 4 heteroatoms. The molecule has 0 bridgehead atoms. The SMILES string of the molecule is CCNC1COc2cc(Cl)ccc2C1.Cl. The summed E-state index contributed by atoms with van der Waals surface area (Å²) in [6, 6.07) is 6.28. The maximum absolute atomic E-state index is 5.88. The number of halogens is 2. The van der Waals surface area contributed by atoms with Crippen molar-refractivity contribution in [2.24, 2.45) is 0 Å². The van der Waals surface area contributed by atoms with Crippen LogP contribution < -0.4 is 10.1 Å². The summed E-state index contributed by atoms with van der Waals surface area (Å²) in [5.41, 5.74) is 1.24. The van der Waals surface area contributed by atoms with Crippen molar-refractivity contribution < 1.29 is 4.74 Å². The minimum atomic E-state index is 0. The molecule has 15 heavy (non-hydrogen) atoms. The van der Waals surface area contributed by atoms with Crippen LogP contribution in [0.1, 0.15) is 12.5 Å². The number of ether oxygens (including phenoxy) is 1. The molecule has 2 rings (SSSR count). The summed E-state index contributed by atoms with van der Waals surface area (Å²) in [6.07, 6.45) is 1.03. The lowest BCUT2D eigenvalue weighted by molar-refractivity contribution is 0.241. The molecule has 1 aliphatic rings. The van der Waals surface area contributed by atoms with E-state index in [0.29, 0.717) is 6.04 Å². The zero-order valence-electron chi connectivity index (χ0n) is 8.63. The van der Waals surface area contributed by atoms with E-state index in [4.69, 9.17) is 16.3 Å².